The maximum atomic E-state index is 12.4. The smallest absolute Gasteiger partial charge is 0.355 e. The Kier molecular flexibility index (Phi) is 4.82. The molecule has 0 saturated carbocycles. The first-order valence-corrected chi connectivity index (χ1v) is 9.18. The third-order valence-electron chi connectivity index (χ3n) is 3.84. The van der Waals surface area contributed by atoms with Gasteiger partial charge in [-0.05, 0) is 11.4 Å². The number of nitrogens with one attached hydrogen (secondary N) is 1. The Balaban J connectivity index is 1.75. The van der Waals surface area contributed by atoms with Crippen LogP contribution in [0.15, 0.2) is 28.8 Å². The van der Waals surface area contributed by atoms with Crippen LogP contribution in [0.5, 0.6) is 0 Å². The molecule has 10 heteroatoms. The van der Waals surface area contributed by atoms with E-state index in [1.165, 1.54) is 23.1 Å². The molecule has 0 bridgehead atoms. The number of carboxylic acid groups (broad SMARTS) is 1. The largest absolute Gasteiger partial charge is 0.478 e. The highest BCUT2D eigenvalue weighted by atomic mass is 32.2. The van der Waals surface area contributed by atoms with E-state index in [1.807, 2.05) is 17.5 Å². The maximum Gasteiger partial charge on any atom is 0.355 e. The van der Waals surface area contributed by atoms with Crippen LogP contribution >= 0.6 is 23.1 Å². The number of nitrogens with zero attached hydrogens (tertiary/aromatic N) is 1. The van der Waals surface area contributed by atoms with Crippen LogP contribution in [0.2, 0.25) is 0 Å². The molecule has 25 heavy (non-hydrogen) atoms. The lowest BCUT2D eigenvalue weighted by atomic mass is 10.0. The van der Waals surface area contributed by atoms with Crippen molar-refractivity contribution in [2.75, 3.05) is 12.9 Å². The second-order valence-electron chi connectivity index (χ2n) is 5.34. The van der Waals surface area contributed by atoms with E-state index in [1.54, 1.807) is 0 Å². The number of fused-ring (bicyclic) bond motifs is 1. The van der Waals surface area contributed by atoms with Gasteiger partial charge in [-0.2, -0.15) is 0 Å². The summed E-state index contributed by atoms with van der Waals surface area (Å²) >= 11 is 2.63. The average Bonchev–Trinajstić information content (AvgIpc) is 3.10. The topological polar surface area (TPSA) is 113 Å². The fourth-order valence-electron chi connectivity index (χ4n) is 2.66. The summed E-state index contributed by atoms with van der Waals surface area (Å²) in [5.74, 6) is -2.92. The number of hydrogen-bond acceptors (Lipinski definition) is 7. The number of ether oxygens (including phenoxy) is 1. The average molecular weight is 382 g/mol. The summed E-state index contributed by atoms with van der Waals surface area (Å²) in [7, 11) is 1.12. The monoisotopic (exact) mass is 382 g/mol. The van der Waals surface area contributed by atoms with Gasteiger partial charge in [-0.3, -0.25) is 14.5 Å². The zero-order chi connectivity index (χ0) is 18.1. The van der Waals surface area contributed by atoms with Gasteiger partial charge >= 0.3 is 11.9 Å². The first-order chi connectivity index (χ1) is 11.9. The Bertz CT molecular complexity index is 773. The molecule has 2 atom stereocenters. The van der Waals surface area contributed by atoms with Crippen molar-refractivity contribution in [1.29, 1.82) is 0 Å². The van der Waals surface area contributed by atoms with E-state index in [-0.39, 0.29) is 29.4 Å². The third-order valence-corrected chi connectivity index (χ3v) is 5.99. The number of rotatable bonds is 5. The van der Waals surface area contributed by atoms with Crippen LogP contribution in [-0.2, 0) is 30.3 Å². The molecule has 0 aromatic carbocycles. The molecular formula is C15H14N2O6S2. The normalized spacial score (nSPS) is 22.1. The highest BCUT2D eigenvalue weighted by molar-refractivity contribution is 8.00. The number of carbonyl (C=O) groups is 4. The van der Waals surface area contributed by atoms with Gasteiger partial charge in [0.05, 0.1) is 19.1 Å². The van der Waals surface area contributed by atoms with E-state index in [4.69, 9.17) is 0 Å². The molecule has 3 rings (SSSR count). The fraction of sp³-hybridized carbons (Fsp3) is 0.333. The summed E-state index contributed by atoms with van der Waals surface area (Å²) in [5, 5.41) is 13.2. The van der Waals surface area contributed by atoms with E-state index in [2.05, 4.69) is 10.1 Å². The van der Waals surface area contributed by atoms with E-state index >= 15 is 0 Å². The number of methoxy groups -OCH3 is 1. The lowest BCUT2D eigenvalue weighted by Crippen LogP contribution is -2.70. The molecule has 0 spiro atoms. The quantitative estimate of drug-likeness (QED) is 0.553. The molecule has 1 aromatic rings. The predicted molar refractivity (Wildman–Crippen MR) is 89.7 cm³/mol. The van der Waals surface area contributed by atoms with Gasteiger partial charge in [0.15, 0.2) is 0 Å². The van der Waals surface area contributed by atoms with Crippen LogP contribution in [0.3, 0.4) is 0 Å². The SMILES string of the molecule is COC(=O)C1=C(C(=O)O)CS[C@@H]2C(NC(=O)Cc3cccs3)C(=O)N12. The van der Waals surface area contributed by atoms with Crippen molar-refractivity contribution in [1.82, 2.24) is 10.2 Å². The molecular weight excluding hydrogens is 368 g/mol. The van der Waals surface area contributed by atoms with Crippen molar-refractivity contribution in [3.8, 4) is 0 Å². The van der Waals surface area contributed by atoms with Crippen LogP contribution in [0.1, 0.15) is 4.88 Å². The number of aliphatic carboxylic acids is 1. The number of carbonyl (C=O) groups excluding carboxylic acids is 3. The fourth-order valence-corrected chi connectivity index (χ4v) is 4.70. The maximum absolute atomic E-state index is 12.4. The third kappa shape index (κ3) is 3.14. The molecule has 1 saturated heterocycles. The first-order valence-electron chi connectivity index (χ1n) is 7.25. The number of amides is 2. The highest BCUT2D eigenvalue weighted by Crippen LogP contribution is 2.40. The molecule has 3 heterocycles. The van der Waals surface area contributed by atoms with Crippen molar-refractivity contribution in [3.63, 3.8) is 0 Å². The summed E-state index contributed by atoms with van der Waals surface area (Å²) in [5.41, 5.74) is -0.433. The minimum Gasteiger partial charge on any atom is -0.478 e. The Morgan fingerprint density at radius 1 is 1.44 bits per heavy atom. The molecule has 2 amide bonds. The Hall–Kier alpha value is -2.33. The van der Waals surface area contributed by atoms with Crippen molar-refractivity contribution in [3.05, 3.63) is 33.7 Å². The van der Waals surface area contributed by atoms with Crippen LogP contribution < -0.4 is 5.32 Å². The predicted octanol–water partition coefficient (Wildman–Crippen LogP) is 0.202. The number of hydrogen-bond donors (Lipinski definition) is 2. The van der Waals surface area contributed by atoms with Gasteiger partial charge in [-0.1, -0.05) is 6.07 Å². The molecule has 0 aliphatic carbocycles. The summed E-state index contributed by atoms with van der Waals surface area (Å²) in [4.78, 5) is 49.7. The molecule has 8 nitrogen and oxygen atoms in total. The van der Waals surface area contributed by atoms with Crippen molar-refractivity contribution in [2.24, 2.45) is 0 Å². The highest BCUT2D eigenvalue weighted by Gasteiger charge is 2.55. The van der Waals surface area contributed by atoms with Crippen molar-refractivity contribution in [2.45, 2.75) is 17.8 Å². The number of thioether (sulfide) groups is 1. The Morgan fingerprint density at radius 2 is 2.20 bits per heavy atom. The van der Waals surface area contributed by atoms with Crippen LogP contribution in [0.4, 0.5) is 0 Å². The van der Waals surface area contributed by atoms with Gasteiger partial charge in [-0.25, -0.2) is 9.59 Å². The molecule has 2 N–H and O–H groups in total. The van der Waals surface area contributed by atoms with Gasteiger partial charge in [0, 0.05) is 10.6 Å². The lowest BCUT2D eigenvalue weighted by Gasteiger charge is -2.49. The lowest BCUT2D eigenvalue weighted by molar-refractivity contribution is -0.152. The Morgan fingerprint density at radius 3 is 2.80 bits per heavy atom. The Labute approximate surface area is 150 Å². The molecule has 1 unspecified atom stereocenters. The zero-order valence-electron chi connectivity index (χ0n) is 13.1. The summed E-state index contributed by atoms with van der Waals surface area (Å²) in [6.07, 6.45) is 0.166. The van der Waals surface area contributed by atoms with E-state index < -0.39 is 29.3 Å². The molecule has 132 valence electrons. The van der Waals surface area contributed by atoms with Gasteiger partial charge in [0.25, 0.3) is 5.91 Å². The standard InChI is InChI=1S/C15H14N2O6S2/c1-23-15(22)11-8(14(20)21)6-25-13-10(12(19)17(11)13)16-9(18)5-7-3-2-4-24-7/h2-4,10,13H,5-6H2,1H3,(H,16,18)(H,20,21)/t10?,13-/m1/s1. The molecule has 0 radical (unpaired) electrons. The summed E-state index contributed by atoms with van der Waals surface area (Å²) < 4.78 is 4.61. The van der Waals surface area contributed by atoms with E-state index in [0.29, 0.717) is 0 Å². The van der Waals surface area contributed by atoms with Gasteiger partial charge < -0.3 is 15.2 Å². The second kappa shape index (κ2) is 6.89. The minimum atomic E-state index is -1.27. The second-order valence-corrected chi connectivity index (χ2v) is 7.47. The minimum absolute atomic E-state index is 0.0471. The van der Waals surface area contributed by atoms with Crippen LogP contribution in [0.25, 0.3) is 0 Å². The van der Waals surface area contributed by atoms with Crippen molar-refractivity contribution >= 4 is 46.9 Å². The zero-order valence-corrected chi connectivity index (χ0v) is 14.7. The number of carboxylic acids is 1. The van der Waals surface area contributed by atoms with Gasteiger partial charge in [-0.15, -0.1) is 23.1 Å². The van der Waals surface area contributed by atoms with Gasteiger partial charge in [0.2, 0.25) is 5.91 Å². The summed E-state index contributed by atoms with van der Waals surface area (Å²) in [6, 6.07) is 2.88. The first kappa shape index (κ1) is 17.5. The summed E-state index contributed by atoms with van der Waals surface area (Å²) in [6.45, 7) is 0. The number of β-lactam (4-membered cyclic amide) rings is 1. The number of thiophene rings is 1. The van der Waals surface area contributed by atoms with E-state index in [0.717, 1.165) is 16.9 Å². The van der Waals surface area contributed by atoms with Crippen molar-refractivity contribution < 1.29 is 29.0 Å². The molecule has 2 aliphatic rings. The van der Waals surface area contributed by atoms with Crippen LogP contribution in [-0.4, -0.2) is 58.0 Å². The molecule has 1 aromatic heterocycles. The van der Waals surface area contributed by atoms with E-state index in [9.17, 15) is 24.3 Å². The molecule has 2 aliphatic heterocycles. The van der Waals surface area contributed by atoms with Gasteiger partial charge in [0.1, 0.15) is 17.1 Å². The van der Waals surface area contributed by atoms with Crippen LogP contribution in [0, 0.1) is 0 Å². The number of esters is 1. The molecule has 1 fully saturated rings.